The van der Waals surface area contributed by atoms with Crippen LogP contribution in [0.15, 0.2) is 158 Å². The van der Waals surface area contributed by atoms with Gasteiger partial charge in [0.1, 0.15) is 0 Å². The predicted octanol–water partition coefficient (Wildman–Crippen LogP) is 11.0. The van der Waals surface area contributed by atoms with Gasteiger partial charge in [0.25, 0.3) is 0 Å². The molecule has 0 radical (unpaired) electrons. The van der Waals surface area contributed by atoms with Crippen LogP contribution in [0.1, 0.15) is 58.5 Å². The molecule has 0 aliphatic rings. The lowest BCUT2D eigenvalue weighted by Gasteiger charge is -2.49. The van der Waals surface area contributed by atoms with Crippen LogP contribution in [0.4, 0.5) is 0 Å². The Morgan fingerprint density at radius 2 is 0.574 bits per heavy atom. The molecule has 2 atom stereocenters. The molecule has 0 fully saturated rings. The molecule has 0 saturated heterocycles. The topological polar surface area (TPSA) is 0 Å². The van der Waals surface area contributed by atoms with E-state index in [1.807, 2.05) is 0 Å². The maximum atomic E-state index is 2.57. The van der Waals surface area contributed by atoms with E-state index in [4.69, 9.17) is 0 Å². The summed E-state index contributed by atoms with van der Waals surface area (Å²) in [7, 11) is -1.58. The number of rotatable bonds is 10. The van der Waals surface area contributed by atoms with Crippen LogP contribution in [0.3, 0.4) is 0 Å². The Morgan fingerprint density at radius 3 is 0.809 bits per heavy atom. The molecule has 0 aromatic heterocycles. The first kappa shape index (κ1) is 33.1. The number of hydrogen-bond donors (Lipinski definition) is 0. The van der Waals surface area contributed by atoms with Gasteiger partial charge in [-0.1, -0.05) is 194 Å². The zero-order valence-corrected chi connectivity index (χ0v) is 30.3. The molecular formula is C45H46P2. The standard InChI is InChI=1S/C45H46P2/c1-33-17-25-39(26-18-33)46(40-27-19-34(2)20-28-40)43(37-13-9-7-10-14-37)45(5,6)44(38-15-11-8-12-16-38)47(41-29-21-35(3)22-30-41)42-31-23-36(4)24-32-42/h7-32,43-44H,1-6H3. The van der Waals surface area contributed by atoms with Crippen molar-refractivity contribution in [1.29, 1.82) is 0 Å². The van der Waals surface area contributed by atoms with Crippen LogP contribution in [0.5, 0.6) is 0 Å². The van der Waals surface area contributed by atoms with Gasteiger partial charge in [-0.2, -0.15) is 0 Å². The van der Waals surface area contributed by atoms with E-state index in [9.17, 15) is 0 Å². The molecule has 0 aliphatic heterocycles. The minimum atomic E-state index is -0.789. The summed E-state index contributed by atoms with van der Waals surface area (Å²) in [5, 5.41) is 5.72. The van der Waals surface area contributed by atoms with Crippen LogP contribution >= 0.6 is 15.8 Å². The highest BCUT2D eigenvalue weighted by Gasteiger charge is 2.47. The lowest BCUT2D eigenvalue weighted by molar-refractivity contribution is 0.338. The fourth-order valence-electron chi connectivity index (χ4n) is 6.96. The van der Waals surface area contributed by atoms with E-state index >= 15 is 0 Å². The van der Waals surface area contributed by atoms with Crippen LogP contribution in [0.2, 0.25) is 0 Å². The van der Waals surface area contributed by atoms with Crippen molar-refractivity contribution in [3.63, 3.8) is 0 Å². The van der Waals surface area contributed by atoms with Crippen molar-refractivity contribution in [2.24, 2.45) is 5.41 Å². The van der Waals surface area contributed by atoms with Crippen LogP contribution in [-0.4, -0.2) is 0 Å². The maximum Gasteiger partial charge on any atom is 0.0183 e. The number of hydrogen-bond acceptors (Lipinski definition) is 0. The van der Waals surface area contributed by atoms with Gasteiger partial charge in [-0.05, 0) is 81.3 Å². The number of aryl methyl sites for hydroxylation is 4. The Bertz CT molecular complexity index is 1620. The lowest BCUT2D eigenvalue weighted by Crippen LogP contribution is -2.35. The Labute approximate surface area is 285 Å². The normalized spacial score (nSPS) is 13.1. The third-order valence-corrected chi connectivity index (χ3v) is 15.8. The predicted molar refractivity (Wildman–Crippen MR) is 209 cm³/mol. The summed E-state index contributed by atoms with van der Waals surface area (Å²) in [6, 6.07) is 60.3. The smallest absolute Gasteiger partial charge is 0.0183 e. The highest BCUT2D eigenvalue weighted by molar-refractivity contribution is 7.74. The Hall–Kier alpha value is -3.82. The van der Waals surface area contributed by atoms with E-state index in [0.29, 0.717) is 0 Å². The molecule has 0 spiro atoms. The molecule has 47 heavy (non-hydrogen) atoms. The van der Waals surface area contributed by atoms with E-state index in [0.717, 1.165) is 0 Å². The zero-order chi connectivity index (χ0) is 33.0. The molecular weight excluding hydrogens is 602 g/mol. The second-order valence-electron chi connectivity index (χ2n) is 13.5. The molecule has 0 bridgehead atoms. The highest BCUT2D eigenvalue weighted by Crippen LogP contribution is 2.69. The van der Waals surface area contributed by atoms with E-state index in [2.05, 4.69) is 199 Å². The van der Waals surface area contributed by atoms with Gasteiger partial charge in [0.2, 0.25) is 0 Å². The SMILES string of the molecule is Cc1ccc(P(c2ccc(C)cc2)C(c2ccccc2)C(C)(C)C(c2ccccc2)P(c2ccc(C)cc2)c2ccc(C)cc2)cc1. The van der Waals surface area contributed by atoms with Crippen molar-refractivity contribution in [1.82, 2.24) is 0 Å². The van der Waals surface area contributed by atoms with Gasteiger partial charge in [0.15, 0.2) is 0 Å². The monoisotopic (exact) mass is 648 g/mol. The average Bonchev–Trinajstić information content (AvgIpc) is 3.08. The Morgan fingerprint density at radius 1 is 0.340 bits per heavy atom. The molecule has 6 rings (SSSR count). The molecule has 2 heteroatoms. The van der Waals surface area contributed by atoms with Crippen LogP contribution in [0, 0.1) is 33.1 Å². The Balaban J connectivity index is 1.65. The summed E-state index contributed by atoms with van der Waals surface area (Å²) in [4.78, 5) is 0. The summed E-state index contributed by atoms with van der Waals surface area (Å²) in [6.07, 6.45) is 0. The molecule has 2 unspecified atom stereocenters. The lowest BCUT2D eigenvalue weighted by atomic mass is 9.79. The minimum absolute atomic E-state index is 0.161. The van der Waals surface area contributed by atoms with Gasteiger partial charge >= 0.3 is 0 Å². The van der Waals surface area contributed by atoms with Crippen molar-refractivity contribution in [2.45, 2.75) is 52.9 Å². The quantitative estimate of drug-likeness (QED) is 0.130. The average molecular weight is 649 g/mol. The van der Waals surface area contributed by atoms with Crippen molar-refractivity contribution in [3.05, 3.63) is 191 Å². The Kier molecular flexibility index (Phi) is 10.2. The van der Waals surface area contributed by atoms with E-state index < -0.39 is 15.8 Å². The fourth-order valence-corrected chi connectivity index (χ4v) is 13.3. The summed E-state index contributed by atoms with van der Waals surface area (Å²) in [5.74, 6) is 0. The maximum absolute atomic E-state index is 2.57. The first-order chi connectivity index (χ1) is 22.7. The molecule has 0 N–H and O–H groups in total. The van der Waals surface area contributed by atoms with Crippen LogP contribution in [0.25, 0.3) is 0 Å². The molecule has 236 valence electrons. The van der Waals surface area contributed by atoms with Crippen molar-refractivity contribution in [3.8, 4) is 0 Å². The largest absolute Gasteiger partial charge is 0.0622 e. The van der Waals surface area contributed by atoms with Crippen molar-refractivity contribution < 1.29 is 0 Å². The van der Waals surface area contributed by atoms with Gasteiger partial charge in [-0.25, -0.2) is 0 Å². The second kappa shape index (κ2) is 14.5. The summed E-state index contributed by atoms with van der Waals surface area (Å²) in [5.41, 5.74) is 8.35. The third kappa shape index (κ3) is 7.36. The van der Waals surface area contributed by atoms with Crippen molar-refractivity contribution >= 4 is 37.1 Å². The van der Waals surface area contributed by atoms with E-state index in [1.54, 1.807) is 0 Å². The number of benzene rings is 6. The third-order valence-electron chi connectivity index (χ3n) is 9.41. The first-order valence-electron chi connectivity index (χ1n) is 16.7. The summed E-state index contributed by atoms with van der Waals surface area (Å²) < 4.78 is 0. The molecule has 0 nitrogen and oxygen atoms in total. The van der Waals surface area contributed by atoms with E-state index in [1.165, 1.54) is 54.6 Å². The molecule has 0 saturated carbocycles. The molecule has 0 amide bonds. The van der Waals surface area contributed by atoms with Crippen molar-refractivity contribution in [2.75, 3.05) is 0 Å². The van der Waals surface area contributed by atoms with Gasteiger partial charge in [0, 0.05) is 11.3 Å². The van der Waals surface area contributed by atoms with Crippen LogP contribution in [-0.2, 0) is 0 Å². The second-order valence-corrected chi connectivity index (χ2v) is 18.1. The van der Waals surface area contributed by atoms with Gasteiger partial charge in [-0.3, -0.25) is 0 Å². The molecule has 6 aromatic carbocycles. The van der Waals surface area contributed by atoms with Crippen LogP contribution < -0.4 is 21.2 Å². The van der Waals surface area contributed by atoms with Gasteiger partial charge in [-0.15, -0.1) is 0 Å². The molecule has 0 heterocycles. The molecule has 6 aromatic rings. The highest BCUT2D eigenvalue weighted by atomic mass is 31.1. The minimum Gasteiger partial charge on any atom is -0.0622 e. The first-order valence-corrected chi connectivity index (χ1v) is 19.5. The fraction of sp³-hybridized carbons (Fsp3) is 0.200. The summed E-state index contributed by atoms with van der Waals surface area (Å²) >= 11 is 0. The van der Waals surface area contributed by atoms with Gasteiger partial charge in [0.05, 0.1) is 0 Å². The summed E-state index contributed by atoms with van der Waals surface area (Å²) in [6.45, 7) is 13.9. The zero-order valence-electron chi connectivity index (χ0n) is 28.6. The van der Waals surface area contributed by atoms with Gasteiger partial charge < -0.3 is 0 Å². The molecule has 0 aliphatic carbocycles. The van der Waals surface area contributed by atoms with E-state index in [-0.39, 0.29) is 16.7 Å².